The molecule has 1 atom stereocenters. The summed E-state index contributed by atoms with van der Waals surface area (Å²) in [6.45, 7) is 6.64. The number of aromatic nitrogens is 1. The van der Waals surface area contributed by atoms with Gasteiger partial charge in [-0.15, -0.1) is 0 Å². The third-order valence-electron chi connectivity index (χ3n) is 5.65. The van der Waals surface area contributed by atoms with E-state index in [0.717, 1.165) is 35.2 Å². The molecule has 1 amide bonds. The SMILES string of the molecule is Cc1ccc2nc(C)cc(C(=O)N3CCN(C4CCS(=O)(=O)C4)CC3)c2c1. The average Bonchev–Trinajstić information content (AvgIpc) is 3.01. The summed E-state index contributed by atoms with van der Waals surface area (Å²) in [5.41, 5.74) is 3.50. The van der Waals surface area contributed by atoms with E-state index in [1.54, 1.807) is 0 Å². The molecular weight excluding hydrogens is 362 g/mol. The zero-order valence-corrected chi connectivity index (χ0v) is 16.6. The summed E-state index contributed by atoms with van der Waals surface area (Å²) in [7, 11) is -2.88. The topological polar surface area (TPSA) is 70.6 Å². The lowest BCUT2D eigenvalue weighted by atomic mass is 10.0. The standard InChI is InChI=1S/C20H25N3O3S/c1-14-3-4-19-17(11-14)18(12-15(2)21-19)20(24)23-8-6-22(7-9-23)16-5-10-27(25,26)13-16/h3-4,11-12,16H,5-10,13H2,1-2H3. The Morgan fingerprint density at radius 1 is 1.11 bits per heavy atom. The number of carbonyl (C=O) groups excluding carboxylic acids is 1. The first kappa shape index (κ1) is 18.4. The van der Waals surface area contributed by atoms with Gasteiger partial charge in [0.25, 0.3) is 5.91 Å². The Labute approximate surface area is 160 Å². The molecule has 4 rings (SSSR count). The van der Waals surface area contributed by atoms with E-state index in [-0.39, 0.29) is 17.7 Å². The maximum Gasteiger partial charge on any atom is 0.254 e. The number of hydrogen-bond acceptors (Lipinski definition) is 5. The third kappa shape index (κ3) is 3.71. The van der Waals surface area contributed by atoms with Crippen molar-refractivity contribution in [3.05, 3.63) is 41.1 Å². The molecule has 2 aliphatic rings. The second-order valence-electron chi connectivity index (χ2n) is 7.72. The number of aryl methyl sites for hydroxylation is 2. The van der Waals surface area contributed by atoms with Gasteiger partial charge in [-0.05, 0) is 38.5 Å². The number of amides is 1. The molecule has 2 aromatic rings. The molecule has 6 nitrogen and oxygen atoms in total. The maximum atomic E-state index is 13.2. The Balaban J connectivity index is 1.52. The number of pyridine rings is 1. The fourth-order valence-electron chi connectivity index (χ4n) is 4.17. The van der Waals surface area contributed by atoms with Gasteiger partial charge in [-0.3, -0.25) is 14.7 Å². The molecule has 144 valence electrons. The van der Waals surface area contributed by atoms with Crippen LogP contribution >= 0.6 is 0 Å². The van der Waals surface area contributed by atoms with Crippen LogP contribution in [0.1, 0.15) is 28.0 Å². The summed E-state index contributed by atoms with van der Waals surface area (Å²) in [5, 5.41) is 0.898. The van der Waals surface area contributed by atoms with Gasteiger partial charge >= 0.3 is 0 Å². The number of nitrogens with zero attached hydrogens (tertiary/aromatic N) is 3. The van der Waals surface area contributed by atoms with E-state index in [0.29, 0.717) is 30.8 Å². The van der Waals surface area contributed by atoms with Crippen LogP contribution in [-0.2, 0) is 9.84 Å². The van der Waals surface area contributed by atoms with Gasteiger partial charge in [0.15, 0.2) is 9.84 Å². The van der Waals surface area contributed by atoms with Crippen molar-refractivity contribution in [2.24, 2.45) is 0 Å². The lowest BCUT2D eigenvalue weighted by Gasteiger charge is -2.37. The lowest BCUT2D eigenvalue weighted by Crippen LogP contribution is -2.52. The van der Waals surface area contributed by atoms with Gasteiger partial charge in [0.2, 0.25) is 0 Å². The van der Waals surface area contributed by atoms with Crippen molar-refractivity contribution in [3.63, 3.8) is 0 Å². The fourth-order valence-corrected chi connectivity index (χ4v) is 5.93. The highest BCUT2D eigenvalue weighted by molar-refractivity contribution is 7.91. The fraction of sp³-hybridized carbons (Fsp3) is 0.500. The highest BCUT2D eigenvalue weighted by Crippen LogP contribution is 2.23. The van der Waals surface area contributed by atoms with Gasteiger partial charge < -0.3 is 4.90 Å². The number of fused-ring (bicyclic) bond motifs is 1. The van der Waals surface area contributed by atoms with Crippen LogP contribution in [0.2, 0.25) is 0 Å². The van der Waals surface area contributed by atoms with E-state index in [1.165, 1.54) is 0 Å². The van der Waals surface area contributed by atoms with E-state index in [1.807, 2.05) is 43.0 Å². The van der Waals surface area contributed by atoms with Gasteiger partial charge in [-0.25, -0.2) is 8.42 Å². The number of piperazine rings is 1. The summed E-state index contributed by atoms with van der Waals surface area (Å²) in [4.78, 5) is 21.9. The van der Waals surface area contributed by atoms with Crippen molar-refractivity contribution in [3.8, 4) is 0 Å². The molecule has 2 aliphatic heterocycles. The Morgan fingerprint density at radius 2 is 1.85 bits per heavy atom. The average molecular weight is 388 g/mol. The minimum atomic E-state index is -2.88. The minimum Gasteiger partial charge on any atom is -0.336 e. The Bertz CT molecular complexity index is 995. The van der Waals surface area contributed by atoms with Gasteiger partial charge in [-0.1, -0.05) is 11.6 Å². The van der Waals surface area contributed by atoms with Crippen molar-refractivity contribution in [1.29, 1.82) is 0 Å². The van der Waals surface area contributed by atoms with Gasteiger partial charge in [0.05, 0.1) is 22.6 Å². The predicted octanol–water partition coefficient (Wildman–Crippen LogP) is 1.80. The van der Waals surface area contributed by atoms with E-state index in [9.17, 15) is 13.2 Å². The normalized spacial score (nSPS) is 23.0. The number of rotatable bonds is 2. The highest BCUT2D eigenvalue weighted by Gasteiger charge is 2.34. The van der Waals surface area contributed by atoms with E-state index in [4.69, 9.17) is 0 Å². The Hall–Kier alpha value is -1.99. The van der Waals surface area contributed by atoms with E-state index < -0.39 is 9.84 Å². The molecule has 27 heavy (non-hydrogen) atoms. The molecule has 1 aromatic carbocycles. The van der Waals surface area contributed by atoms with Crippen LogP contribution in [0, 0.1) is 13.8 Å². The summed E-state index contributed by atoms with van der Waals surface area (Å²) in [5.74, 6) is 0.585. The van der Waals surface area contributed by atoms with Crippen molar-refractivity contribution in [2.45, 2.75) is 26.3 Å². The monoisotopic (exact) mass is 387 g/mol. The van der Waals surface area contributed by atoms with Crippen LogP contribution < -0.4 is 0 Å². The zero-order valence-electron chi connectivity index (χ0n) is 15.8. The summed E-state index contributed by atoms with van der Waals surface area (Å²) in [6, 6.07) is 7.98. The molecule has 0 aliphatic carbocycles. The smallest absolute Gasteiger partial charge is 0.254 e. The molecule has 3 heterocycles. The first-order valence-corrected chi connectivity index (χ1v) is 11.3. The molecule has 0 bridgehead atoms. The largest absolute Gasteiger partial charge is 0.336 e. The van der Waals surface area contributed by atoms with Crippen LogP contribution in [0.4, 0.5) is 0 Å². The maximum absolute atomic E-state index is 13.2. The van der Waals surface area contributed by atoms with Crippen LogP contribution in [0.25, 0.3) is 10.9 Å². The van der Waals surface area contributed by atoms with Gasteiger partial charge in [0, 0.05) is 43.3 Å². The summed E-state index contributed by atoms with van der Waals surface area (Å²) in [6.07, 6.45) is 0.712. The van der Waals surface area contributed by atoms with Crippen LogP contribution in [-0.4, -0.2) is 72.8 Å². The van der Waals surface area contributed by atoms with Crippen molar-refractivity contribution < 1.29 is 13.2 Å². The first-order valence-electron chi connectivity index (χ1n) is 9.44. The molecule has 2 saturated heterocycles. The van der Waals surface area contributed by atoms with E-state index >= 15 is 0 Å². The number of carbonyl (C=O) groups is 1. The molecule has 1 aromatic heterocycles. The Morgan fingerprint density at radius 3 is 2.52 bits per heavy atom. The number of hydrogen-bond donors (Lipinski definition) is 0. The molecule has 0 radical (unpaired) electrons. The highest BCUT2D eigenvalue weighted by atomic mass is 32.2. The Kier molecular flexibility index (Phi) is 4.68. The van der Waals surface area contributed by atoms with Crippen LogP contribution in [0.15, 0.2) is 24.3 Å². The van der Waals surface area contributed by atoms with E-state index in [2.05, 4.69) is 9.88 Å². The minimum absolute atomic E-state index is 0.0368. The molecule has 0 spiro atoms. The van der Waals surface area contributed by atoms with Crippen molar-refractivity contribution in [1.82, 2.24) is 14.8 Å². The molecule has 7 heteroatoms. The molecule has 0 saturated carbocycles. The molecule has 2 fully saturated rings. The number of benzene rings is 1. The van der Waals surface area contributed by atoms with Crippen molar-refractivity contribution >= 4 is 26.6 Å². The number of sulfone groups is 1. The van der Waals surface area contributed by atoms with Crippen LogP contribution in [0.3, 0.4) is 0 Å². The third-order valence-corrected chi connectivity index (χ3v) is 7.40. The molecule has 0 N–H and O–H groups in total. The predicted molar refractivity (Wildman–Crippen MR) is 106 cm³/mol. The van der Waals surface area contributed by atoms with Crippen molar-refractivity contribution in [2.75, 3.05) is 37.7 Å². The molecule has 1 unspecified atom stereocenters. The first-order chi connectivity index (χ1) is 12.8. The zero-order chi connectivity index (χ0) is 19.2. The summed E-state index contributed by atoms with van der Waals surface area (Å²) >= 11 is 0. The lowest BCUT2D eigenvalue weighted by molar-refractivity contribution is 0.0589. The second-order valence-corrected chi connectivity index (χ2v) is 9.95. The quantitative estimate of drug-likeness (QED) is 0.786. The van der Waals surface area contributed by atoms with Gasteiger partial charge in [-0.2, -0.15) is 0 Å². The second kappa shape index (κ2) is 6.87. The van der Waals surface area contributed by atoms with Crippen LogP contribution in [0.5, 0.6) is 0 Å². The van der Waals surface area contributed by atoms with Gasteiger partial charge in [0.1, 0.15) is 0 Å². The summed E-state index contributed by atoms with van der Waals surface area (Å²) < 4.78 is 23.5. The molecular formula is C20H25N3O3S.